The van der Waals surface area contributed by atoms with Gasteiger partial charge in [0.2, 0.25) is 0 Å². The van der Waals surface area contributed by atoms with Gasteiger partial charge in [-0.2, -0.15) is 5.10 Å². The molecule has 0 spiro atoms. The van der Waals surface area contributed by atoms with E-state index in [0.717, 1.165) is 37.3 Å². The van der Waals surface area contributed by atoms with E-state index < -0.39 is 0 Å². The molecular weight excluding hydrogens is 226 g/mol. The predicted octanol–water partition coefficient (Wildman–Crippen LogP) is 2.55. The molecule has 1 aromatic heterocycles. The normalized spacial score (nSPS) is 16.9. The Balaban J connectivity index is 1.80. The number of nitrogens with one attached hydrogen (secondary N) is 1. The second-order valence-electron chi connectivity index (χ2n) is 4.72. The lowest BCUT2D eigenvalue weighted by Gasteiger charge is -2.22. The fraction of sp³-hybridized carbons (Fsp3) is 0.357. The lowest BCUT2D eigenvalue weighted by Crippen LogP contribution is -2.13. The number of benzene rings is 1. The van der Waals surface area contributed by atoms with Crippen LogP contribution in [0.25, 0.3) is 11.3 Å². The molecule has 94 valence electrons. The summed E-state index contributed by atoms with van der Waals surface area (Å²) < 4.78 is 5.39. The predicted molar refractivity (Wildman–Crippen MR) is 71.2 cm³/mol. The van der Waals surface area contributed by atoms with Crippen molar-refractivity contribution in [1.29, 1.82) is 0 Å². The summed E-state index contributed by atoms with van der Waals surface area (Å²) in [4.78, 5) is 0. The van der Waals surface area contributed by atoms with Crippen LogP contribution in [-0.2, 0) is 4.74 Å². The maximum Gasteiger partial charge on any atom is 0.145 e. The molecule has 4 heteroatoms. The van der Waals surface area contributed by atoms with Crippen LogP contribution in [0.1, 0.15) is 24.3 Å². The zero-order valence-corrected chi connectivity index (χ0v) is 10.2. The van der Waals surface area contributed by atoms with Gasteiger partial charge in [0.15, 0.2) is 0 Å². The van der Waals surface area contributed by atoms with Crippen LogP contribution in [0.2, 0.25) is 0 Å². The minimum absolute atomic E-state index is 0.526. The first kappa shape index (κ1) is 11.3. The molecule has 0 aliphatic carbocycles. The summed E-state index contributed by atoms with van der Waals surface area (Å²) >= 11 is 0. The number of aromatic amines is 1. The van der Waals surface area contributed by atoms with E-state index in [0.29, 0.717) is 11.7 Å². The highest BCUT2D eigenvalue weighted by Gasteiger charge is 2.15. The van der Waals surface area contributed by atoms with Crippen LogP contribution in [-0.4, -0.2) is 23.4 Å². The molecule has 0 radical (unpaired) electrons. The minimum atomic E-state index is 0.526. The third-order valence-corrected chi connectivity index (χ3v) is 3.51. The van der Waals surface area contributed by atoms with Gasteiger partial charge >= 0.3 is 0 Å². The third kappa shape index (κ3) is 2.24. The fourth-order valence-corrected chi connectivity index (χ4v) is 2.45. The Morgan fingerprint density at radius 3 is 2.50 bits per heavy atom. The molecule has 18 heavy (non-hydrogen) atoms. The molecule has 1 aromatic carbocycles. The first-order chi connectivity index (χ1) is 8.83. The molecular formula is C14H17N3O. The summed E-state index contributed by atoms with van der Waals surface area (Å²) in [5, 5.41) is 6.87. The van der Waals surface area contributed by atoms with Gasteiger partial charge in [-0.25, -0.2) is 0 Å². The van der Waals surface area contributed by atoms with Crippen molar-refractivity contribution >= 4 is 5.82 Å². The first-order valence-electron chi connectivity index (χ1n) is 6.32. The molecule has 1 saturated heterocycles. The number of H-pyrrole nitrogens is 1. The average Bonchev–Trinajstić information content (AvgIpc) is 2.87. The maximum absolute atomic E-state index is 5.61. The molecule has 3 N–H and O–H groups in total. The van der Waals surface area contributed by atoms with E-state index in [1.54, 1.807) is 0 Å². The van der Waals surface area contributed by atoms with Crippen LogP contribution in [0.5, 0.6) is 0 Å². The zero-order chi connectivity index (χ0) is 12.4. The van der Waals surface area contributed by atoms with E-state index in [2.05, 4.69) is 34.5 Å². The first-order valence-corrected chi connectivity index (χ1v) is 6.32. The van der Waals surface area contributed by atoms with E-state index in [4.69, 9.17) is 10.5 Å². The number of anilines is 1. The van der Waals surface area contributed by atoms with Crippen LogP contribution in [0.3, 0.4) is 0 Å². The van der Waals surface area contributed by atoms with E-state index in [9.17, 15) is 0 Å². The molecule has 2 heterocycles. The molecule has 0 bridgehead atoms. The van der Waals surface area contributed by atoms with Gasteiger partial charge in [-0.1, -0.05) is 24.3 Å². The van der Waals surface area contributed by atoms with E-state index >= 15 is 0 Å². The Kier molecular flexibility index (Phi) is 3.02. The van der Waals surface area contributed by atoms with Gasteiger partial charge in [-0.15, -0.1) is 0 Å². The largest absolute Gasteiger partial charge is 0.382 e. The number of aromatic nitrogens is 2. The highest BCUT2D eigenvalue weighted by Crippen LogP contribution is 2.28. The summed E-state index contributed by atoms with van der Waals surface area (Å²) in [6.07, 6.45) is 2.24. The monoisotopic (exact) mass is 243 g/mol. The molecule has 0 amide bonds. The highest BCUT2D eigenvalue weighted by molar-refractivity contribution is 5.62. The molecule has 1 aliphatic rings. The van der Waals surface area contributed by atoms with Crippen LogP contribution in [0, 0.1) is 0 Å². The number of hydrogen-bond donors (Lipinski definition) is 2. The van der Waals surface area contributed by atoms with Gasteiger partial charge in [-0.3, -0.25) is 5.10 Å². The van der Waals surface area contributed by atoms with Gasteiger partial charge < -0.3 is 10.5 Å². The SMILES string of the molecule is Nc1cc(-c2ccc(C3CCOCC3)cc2)[nH]n1. The van der Waals surface area contributed by atoms with Crippen molar-refractivity contribution in [3.63, 3.8) is 0 Å². The van der Waals surface area contributed by atoms with Crippen molar-refractivity contribution in [3.8, 4) is 11.3 Å². The second-order valence-corrected chi connectivity index (χ2v) is 4.72. The topological polar surface area (TPSA) is 63.9 Å². The molecule has 2 aromatic rings. The molecule has 3 rings (SSSR count). The number of hydrogen-bond acceptors (Lipinski definition) is 3. The van der Waals surface area contributed by atoms with E-state index in [1.165, 1.54) is 5.56 Å². The number of nitrogens with two attached hydrogens (primary N) is 1. The van der Waals surface area contributed by atoms with Crippen molar-refractivity contribution in [2.24, 2.45) is 0 Å². The summed E-state index contributed by atoms with van der Waals surface area (Å²) in [5.41, 5.74) is 9.09. The van der Waals surface area contributed by atoms with E-state index in [1.807, 2.05) is 6.07 Å². The van der Waals surface area contributed by atoms with Crippen molar-refractivity contribution in [1.82, 2.24) is 10.2 Å². The molecule has 1 fully saturated rings. The Labute approximate surface area is 106 Å². The minimum Gasteiger partial charge on any atom is -0.382 e. The smallest absolute Gasteiger partial charge is 0.145 e. The van der Waals surface area contributed by atoms with Crippen LogP contribution >= 0.6 is 0 Å². The second kappa shape index (κ2) is 4.82. The summed E-state index contributed by atoms with van der Waals surface area (Å²) in [6.45, 7) is 1.76. The Morgan fingerprint density at radius 2 is 1.89 bits per heavy atom. The number of nitrogen functional groups attached to an aromatic ring is 1. The number of nitrogens with zero attached hydrogens (tertiary/aromatic N) is 1. The zero-order valence-electron chi connectivity index (χ0n) is 10.2. The summed E-state index contributed by atoms with van der Waals surface area (Å²) in [7, 11) is 0. The Morgan fingerprint density at radius 1 is 1.17 bits per heavy atom. The molecule has 4 nitrogen and oxygen atoms in total. The van der Waals surface area contributed by atoms with Crippen LogP contribution in [0.4, 0.5) is 5.82 Å². The molecule has 1 aliphatic heterocycles. The number of ether oxygens (including phenoxy) is 1. The quantitative estimate of drug-likeness (QED) is 0.852. The van der Waals surface area contributed by atoms with Gasteiger partial charge in [0.25, 0.3) is 0 Å². The molecule has 0 saturated carbocycles. The van der Waals surface area contributed by atoms with Crippen molar-refractivity contribution < 1.29 is 4.74 Å². The third-order valence-electron chi connectivity index (χ3n) is 3.51. The lowest BCUT2D eigenvalue weighted by atomic mass is 9.91. The Hall–Kier alpha value is -1.81. The fourth-order valence-electron chi connectivity index (χ4n) is 2.45. The van der Waals surface area contributed by atoms with E-state index in [-0.39, 0.29) is 0 Å². The van der Waals surface area contributed by atoms with Gasteiger partial charge in [0.1, 0.15) is 5.82 Å². The molecule has 0 atom stereocenters. The molecule has 0 unspecified atom stereocenters. The highest BCUT2D eigenvalue weighted by atomic mass is 16.5. The van der Waals surface area contributed by atoms with Gasteiger partial charge in [0, 0.05) is 19.3 Å². The van der Waals surface area contributed by atoms with Gasteiger partial charge in [-0.05, 0) is 29.9 Å². The van der Waals surface area contributed by atoms with Crippen LogP contribution < -0.4 is 5.73 Å². The summed E-state index contributed by atoms with van der Waals surface area (Å²) in [5.74, 6) is 1.16. The summed E-state index contributed by atoms with van der Waals surface area (Å²) in [6, 6.07) is 10.5. The number of rotatable bonds is 2. The average molecular weight is 243 g/mol. The van der Waals surface area contributed by atoms with Crippen LogP contribution in [0.15, 0.2) is 30.3 Å². The Bertz CT molecular complexity index is 512. The van der Waals surface area contributed by atoms with Crippen molar-refractivity contribution in [3.05, 3.63) is 35.9 Å². The standard InChI is InChI=1S/C14H17N3O/c15-14-9-13(16-17-14)12-3-1-10(2-4-12)11-5-7-18-8-6-11/h1-4,9,11H,5-8H2,(H3,15,16,17). The van der Waals surface area contributed by atoms with Crippen molar-refractivity contribution in [2.45, 2.75) is 18.8 Å². The van der Waals surface area contributed by atoms with Crippen molar-refractivity contribution in [2.75, 3.05) is 18.9 Å². The maximum atomic E-state index is 5.61. The lowest BCUT2D eigenvalue weighted by molar-refractivity contribution is 0.0853. The van der Waals surface area contributed by atoms with Gasteiger partial charge in [0.05, 0.1) is 5.69 Å².